The minimum Gasteiger partial charge on any atom is -0.381 e. The van der Waals surface area contributed by atoms with E-state index in [1.54, 1.807) is 0 Å². The Balaban J connectivity index is 2.01. The van der Waals surface area contributed by atoms with Gasteiger partial charge in [0.2, 0.25) is 0 Å². The number of ether oxygens (including phenoxy) is 1. The molecule has 12 heavy (non-hydrogen) atoms. The van der Waals surface area contributed by atoms with E-state index in [1.165, 1.54) is 13.1 Å². The van der Waals surface area contributed by atoms with Gasteiger partial charge in [0.15, 0.2) is 0 Å². The predicted octanol–water partition coefficient (Wildman–Crippen LogP) is -0.0866. The maximum Gasteiger partial charge on any atom is 0.0550 e. The van der Waals surface area contributed by atoms with Gasteiger partial charge in [-0.3, -0.25) is 0 Å². The molecule has 2 aliphatic heterocycles. The molecule has 0 radical (unpaired) electrons. The second-order valence-corrected chi connectivity index (χ2v) is 4.31. The standard InChI is InChI=1S/C9H18N2O/c1-11-5-9(6-11)7-12-3-2-8(9)4-10/h8H,2-7,10H2,1H3. The molecule has 0 aromatic rings. The van der Waals surface area contributed by atoms with Crippen molar-refractivity contribution in [2.75, 3.05) is 39.9 Å². The van der Waals surface area contributed by atoms with Crippen LogP contribution < -0.4 is 5.73 Å². The second-order valence-electron chi connectivity index (χ2n) is 4.31. The zero-order valence-corrected chi connectivity index (χ0v) is 7.75. The van der Waals surface area contributed by atoms with E-state index in [4.69, 9.17) is 10.5 Å². The van der Waals surface area contributed by atoms with Crippen molar-refractivity contribution in [3.05, 3.63) is 0 Å². The molecule has 0 aromatic heterocycles. The summed E-state index contributed by atoms with van der Waals surface area (Å²) in [4.78, 5) is 2.34. The topological polar surface area (TPSA) is 38.5 Å². The van der Waals surface area contributed by atoms with Crippen LogP contribution in [0.2, 0.25) is 0 Å². The molecule has 2 rings (SSSR count). The number of likely N-dealkylation sites (tertiary alicyclic amines) is 1. The Morgan fingerprint density at radius 2 is 2.33 bits per heavy atom. The van der Waals surface area contributed by atoms with Gasteiger partial charge < -0.3 is 15.4 Å². The molecule has 2 aliphatic rings. The molecule has 1 spiro atoms. The van der Waals surface area contributed by atoms with Gasteiger partial charge in [0, 0.05) is 25.1 Å². The van der Waals surface area contributed by atoms with Crippen LogP contribution in [0.5, 0.6) is 0 Å². The Hall–Kier alpha value is -0.120. The number of hydrogen-bond donors (Lipinski definition) is 1. The van der Waals surface area contributed by atoms with Crippen molar-refractivity contribution in [3.8, 4) is 0 Å². The summed E-state index contributed by atoms with van der Waals surface area (Å²) in [5.74, 6) is 0.697. The van der Waals surface area contributed by atoms with Crippen LogP contribution in [0.15, 0.2) is 0 Å². The predicted molar refractivity (Wildman–Crippen MR) is 47.9 cm³/mol. The van der Waals surface area contributed by atoms with Gasteiger partial charge in [-0.05, 0) is 25.9 Å². The van der Waals surface area contributed by atoms with Crippen LogP contribution in [0.4, 0.5) is 0 Å². The summed E-state index contributed by atoms with van der Waals surface area (Å²) in [5, 5.41) is 0. The quantitative estimate of drug-likeness (QED) is 0.598. The lowest BCUT2D eigenvalue weighted by molar-refractivity contribution is -0.127. The highest BCUT2D eigenvalue weighted by Gasteiger charge is 2.48. The summed E-state index contributed by atoms with van der Waals surface area (Å²) < 4.78 is 5.53. The molecule has 3 nitrogen and oxygen atoms in total. The van der Waals surface area contributed by atoms with E-state index >= 15 is 0 Å². The Morgan fingerprint density at radius 1 is 1.58 bits per heavy atom. The highest BCUT2D eigenvalue weighted by Crippen LogP contribution is 2.41. The lowest BCUT2D eigenvalue weighted by atomic mass is 9.68. The van der Waals surface area contributed by atoms with Gasteiger partial charge in [0.25, 0.3) is 0 Å². The third kappa shape index (κ3) is 1.16. The zero-order valence-electron chi connectivity index (χ0n) is 7.75. The van der Waals surface area contributed by atoms with Gasteiger partial charge in [-0.25, -0.2) is 0 Å². The van der Waals surface area contributed by atoms with Crippen molar-refractivity contribution >= 4 is 0 Å². The first-order valence-electron chi connectivity index (χ1n) is 4.73. The number of nitrogens with zero attached hydrogens (tertiary/aromatic N) is 1. The van der Waals surface area contributed by atoms with Crippen LogP contribution >= 0.6 is 0 Å². The molecular formula is C9H18N2O. The molecule has 2 saturated heterocycles. The third-order valence-electron chi connectivity index (χ3n) is 3.32. The Labute approximate surface area is 73.9 Å². The van der Waals surface area contributed by atoms with E-state index in [2.05, 4.69) is 11.9 Å². The second kappa shape index (κ2) is 2.98. The zero-order chi connectivity index (χ0) is 8.60. The van der Waals surface area contributed by atoms with Crippen LogP contribution in [0.1, 0.15) is 6.42 Å². The monoisotopic (exact) mass is 170 g/mol. The van der Waals surface area contributed by atoms with Crippen LogP contribution in [0.3, 0.4) is 0 Å². The highest BCUT2D eigenvalue weighted by molar-refractivity contribution is 5.00. The molecule has 70 valence electrons. The van der Waals surface area contributed by atoms with Crippen molar-refractivity contribution in [1.82, 2.24) is 4.90 Å². The van der Waals surface area contributed by atoms with Crippen molar-refractivity contribution in [2.24, 2.45) is 17.1 Å². The molecule has 0 amide bonds. The fourth-order valence-corrected chi connectivity index (χ4v) is 2.67. The summed E-state index contributed by atoms with van der Waals surface area (Å²) in [6, 6.07) is 0. The van der Waals surface area contributed by atoms with Crippen molar-refractivity contribution in [1.29, 1.82) is 0 Å². The van der Waals surface area contributed by atoms with Crippen molar-refractivity contribution < 1.29 is 4.74 Å². The van der Waals surface area contributed by atoms with E-state index in [0.717, 1.165) is 26.2 Å². The number of rotatable bonds is 1. The smallest absolute Gasteiger partial charge is 0.0550 e. The van der Waals surface area contributed by atoms with Crippen LogP contribution in [-0.2, 0) is 4.74 Å². The average Bonchev–Trinajstić information content (AvgIpc) is 2.03. The van der Waals surface area contributed by atoms with E-state index in [-0.39, 0.29) is 0 Å². The fraction of sp³-hybridized carbons (Fsp3) is 1.00. The van der Waals surface area contributed by atoms with E-state index in [0.29, 0.717) is 11.3 Å². The molecule has 0 aromatic carbocycles. The van der Waals surface area contributed by atoms with Crippen LogP contribution in [-0.4, -0.2) is 44.8 Å². The molecule has 1 atom stereocenters. The summed E-state index contributed by atoms with van der Waals surface area (Å²) >= 11 is 0. The van der Waals surface area contributed by atoms with Crippen molar-refractivity contribution in [2.45, 2.75) is 6.42 Å². The molecule has 0 saturated carbocycles. The lowest BCUT2D eigenvalue weighted by Crippen LogP contribution is -2.63. The maximum absolute atomic E-state index is 5.76. The normalized spacial score (nSPS) is 35.0. The van der Waals surface area contributed by atoms with Gasteiger partial charge in [-0.1, -0.05) is 0 Å². The van der Waals surface area contributed by atoms with E-state index < -0.39 is 0 Å². The first kappa shape index (κ1) is 8.48. The Morgan fingerprint density at radius 3 is 2.92 bits per heavy atom. The summed E-state index contributed by atoms with van der Waals surface area (Å²) in [7, 11) is 2.16. The van der Waals surface area contributed by atoms with E-state index in [9.17, 15) is 0 Å². The van der Waals surface area contributed by atoms with Gasteiger partial charge >= 0.3 is 0 Å². The SMILES string of the molecule is CN1CC2(COCCC2CN)C1. The van der Waals surface area contributed by atoms with Gasteiger partial charge in [-0.15, -0.1) is 0 Å². The van der Waals surface area contributed by atoms with Crippen LogP contribution in [0, 0.1) is 11.3 Å². The molecule has 1 unspecified atom stereocenters. The minimum absolute atomic E-state index is 0.418. The van der Waals surface area contributed by atoms with Gasteiger partial charge in [0.05, 0.1) is 6.61 Å². The first-order valence-corrected chi connectivity index (χ1v) is 4.73. The molecule has 0 aliphatic carbocycles. The van der Waals surface area contributed by atoms with Crippen LogP contribution in [0.25, 0.3) is 0 Å². The number of nitrogens with two attached hydrogens (primary N) is 1. The Kier molecular flexibility index (Phi) is 2.10. The summed E-state index contributed by atoms with van der Waals surface area (Å²) in [6.07, 6.45) is 1.16. The summed E-state index contributed by atoms with van der Waals surface area (Å²) in [5.41, 5.74) is 6.18. The Bertz CT molecular complexity index is 160. The minimum atomic E-state index is 0.418. The maximum atomic E-state index is 5.76. The largest absolute Gasteiger partial charge is 0.381 e. The van der Waals surface area contributed by atoms with Crippen molar-refractivity contribution in [3.63, 3.8) is 0 Å². The summed E-state index contributed by atoms with van der Waals surface area (Å²) in [6.45, 7) is 5.02. The molecule has 2 N–H and O–H groups in total. The molecular weight excluding hydrogens is 152 g/mol. The molecule has 3 heteroatoms. The van der Waals surface area contributed by atoms with E-state index in [1.807, 2.05) is 0 Å². The molecule has 2 heterocycles. The van der Waals surface area contributed by atoms with Gasteiger partial charge in [0.1, 0.15) is 0 Å². The lowest BCUT2D eigenvalue weighted by Gasteiger charge is -2.54. The first-order chi connectivity index (χ1) is 5.77. The third-order valence-corrected chi connectivity index (χ3v) is 3.32. The fourth-order valence-electron chi connectivity index (χ4n) is 2.67. The molecule has 2 fully saturated rings. The average molecular weight is 170 g/mol. The molecule has 0 bridgehead atoms. The highest BCUT2D eigenvalue weighted by atomic mass is 16.5. The van der Waals surface area contributed by atoms with Gasteiger partial charge in [-0.2, -0.15) is 0 Å². The number of hydrogen-bond acceptors (Lipinski definition) is 3.